The lowest BCUT2D eigenvalue weighted by atomic mass is 9.84. The molecule has 0 spiro atoms. The van der Waals surface area contributed by atoms with Gasteiger partial charge in [-0.05, 0) is 25.7 Å². The molecular weight excluding hydrogens is 180 g/mol. The second-order valence-corrected chi connectivity index (χ2v) is 3.82. The summed E-state index contributed by atoms with van der Waals surface area (Å²) in [7, 11) is 1.45. The van der Waals surface area contributed by atoms with Gasteiger partial charge >= 0.3 is 5.97 Å². The van der Waals surface area contributed by atoms with Crippen molar-refractivity contribution in [3.05, 3.63) is 0 Å². The lowest BCUT2D eigenvalue weighted by molar-refractivity contribution is -0.143. The zero-order valence-corrected chi connectivity index (χ0v) is 9.12. The highest BCUT2D eigenvalue weighted by Gasteiger charge is 2.27. The molecule has 14 heavy (non-hydrogen) atoms. The van der Waals surface area contributed by atoms with E-state index in [-0.39, 0.29) is 12.1 Å². The first kappa shape index (κ1) is 11.5. The summed E-state index contributed by atoms with van der Waals surface area (Å²) in [6.45, 7) is 2.74. The van der Waals surface area contributed by atoms with Crippen LogP contribution in [-0.2, 0) is 14.3 Å². The summed E-state index contributed by atoms with van der Waals surface area (Å²) in [5, 5.41) is 0. The summed E-state index contributed by atoms with van der Waals surface area (Å²) in [6, 6.07) is 0. The molecule has 3 heteroatoms. The largest absolute Gasteiger partial charge is 0.469 e. The molecule has 0 aromatic carbocycles. The number of carbonyl (C=O) groups is 1. The molecule has 0 aliphatic heterocycles. The van der Waals surface area contributed by atoms with Crippen LogP contribution in [0.4, 0.5) is 0 Å². The molecule has 2 atom stereocenters. The van der Waals surface area contributed by atoms with E-state index in [9.17, 15) is 4.79 Å². The van der Waals surface area contributed by atoms with Gasteiger partial charge in [0.2, 0.25) is 0 Å². The summed E-state index contributed by atoms with van der Waals surface area (Å²) in [6.07, 6.45) is 5.41. The molecule has 1 aliphatic rings. The third kappa shape index (κ3) is 3.29. The van der Waals surface area contributed by atoms with E-state index in [1.807, 2.05) is 6.92 Å². The number of methoxy groups -OCH3 is 1. The number of hydrogen-bond donors (Lipinski definition) is 0. The molecule has 2 unspecified atom stereocenters. The van der Waals surface area contributed by atoms with Crippen molar-refractivity contribution in [1.82, 2.24) is 0 Å². The van der Waals surface area contributed by atoms with E-state index in [1.54, 1.807) is 0 Å². The van der Waals surface area contributed by atoms with Gasteiger partial charge in [0.15, 0.2) is 0 Å². The second kappa shape index (κ2) is 6.02. The molecule has 1 rings (SSSR count). The van der Waals surface area contributed by atoms with Crippen LogP contribution >= 0.6 is 0 Å². The highest BCUT2D eigenvalue weighted by atomic mass is 16.5. The van der Waals surface area contributed by atoms with Crippen molar-refractivity contribution in [2.75, 3.05) is 13.7 Å². The van der Waals surface area contributed by atoms with Gasteiger partial charge in [0.1, 0.15) is 0 Å². The van der Waals surface area contributed by atoms with E-state index in [4.69, 9.17) is 4.74 Å². The van der Waals surface area contributed by atoms with Crippen LogP contribution in [0.25, 0.3) is 0 Å². The van der Waals surface area contributed by atoms with Gasteiger partial charge in [0, 0.05) is 6.61 Å². The van der Waals surface area contributed by atoms with Gasteiger partial charge in [0.05, 0.1) is 19.6 Å². The van der Waals surface area contributed by atoms with E-state index in [0.29, 0.717) is 12.3 Å². The van der Waals surface area contributed by atoms with Crippen LogP contribution in [0.5, 0.6) is 0 Å². The minimum absolute atomic E-state index is 0.110. The molecule has 0 heterocycles. The molecule has 82 valence electrons. The standard InChI is InChI=1S/C11H20O3/c1-3-14-10-7-5-4-6-9(10)8-11(12)13-2/h9-10H,3-8H2,1-2H3. The Balaban J connectivity index is 2.41. The first-order valence-electron chi connectivity index (χ1n) is 5.46. The minimum atomic E-state index is -0.110. The molecule has 1 aliphatic carbocycles. The fourth-order valence-corrected chi connectivity index (χ4v) is 2.14. The Hall–Kier alpha value is -0.570. The number of rotatable bonds is 4. The second-order valence-electron chi connectivity index (χ2n) is 3.82. The van der Waals surface area contributed by atoms with E-state index >= 15 is 0 Å². The summed E-state index contributed by atoms with van der Waals surface area (Å²) >= 11 is 0. The van der Waals surface area contributed by atoms with Gasteiger partial charge in [0.25, 0.3) is 0 Å². The van der Waals surface area contributed by atoms with Gasteiger partial charge in [-0.15, -0.1) is 0 Å². The third-order valence-corrected chi connectivity index (χ3v) is 2.88. The molecule has 0 bridgehead atoms. The maximum atomic E-state index is 11.2. The normalized spacial score (nSPS) is 27.3. The Morgan fingerprint density at radius 2 is 2.07 bits per heavy atom. The first-order chi connectivity index (χ1) is 6.77. The number of hydrogen-bond acceptors (Lipinski definition) is 3. The van der Waals surface area contributed by atoms with Crippen LogP contribution in [0, 0.1) is 5.92 Å². The summed E-state index contributed by atoms with van der Waals surface area (Å²) in [4.78, 5) is 11.2. The molecule has 0 radical (unpaired) electrons. The quantitative estimate of drug-likeness (QED) is 0.652. The monoisotopic (exact) mass is 200 g/mol. The fraction of sp³-hybridized carbons (Fsp3) is 0.909. The van der Waals surface area contributed by atoms with E-state index in [1.165, 1.54) is 20.0 Å². The zero-order chi connectivity index (χ0) is 10.4. The van der Waals surface area contributed by atoms with E-state index < -0.39 is 0 Å². The summed E-state index contributed by atoms with van der Waals surface area (Å²) < 4.78 is 10.3. The van der Waals surface area contributed by atoms with Crippen LogP contribution in [0.15, 0.2) is 0 Å². The molecule has 1 fully saturated rings. The van der Waals surface area contributed by atoms with Crippen LogP contribution in [0.2, 0.25) is 0 Å². The maximum absolute atomic E-state index is 11.2. The maximum Gasteiger partial charge on any atom is 0.305 e. The van der Waals surface area contributed by atoms with Crippen LogP contribution in [0.3, 0.4) is 0 Å². The number of esters is 1. The summed E-state index contributed by atoms with van der Waals surface area (Å²) in [5.41, 5.74) is 0. The van der Waals surface area contributed by atoms with E-state index in [0.717, 1.165) is 19.4 Å². The fourth-order valence-electron chi connectivity index (χ4n) is 2.14. The molecule has 0 amide bonds. The Morgan fingerprint density at radius 1 is 1.36 bits per heavy atom. The minimum Gasteiger partial charge on any atom is -0.469 e. The average Bonchev–Trinajstić information content (AvgIpc) is 2.21. The van der Waals surface area contributed by atoms with Gasteiger partial charge < -0.3 is 9.47 Å². The van der Waals surface area contributed by atoms with Gasteiger partial charge in [-0.25, -0.2) is 0 Å². The lowest BCUT2D eigenvalue weighted by Gasteiger charge is -2.30. The molecule has 1 saturated carbocycles. The van der Waals surface area contributed by atoms with Gasteiger partial charge in [-0.1, -0.05) is 12.8 Å². The SMILES string of the molecule is CCOC1CCCCC1CC(=O)OC. The van der Waals surface area contributed by atoms with Crippen LogP contribution < -0.4 is 0 Å². The molecule has 0 N–H and O–H groups in total. The number of carbonyl (C=O) groups excluding carboxylic acids is 1. The Morgan fingerprint density at radius 3 is 2.71 bits per heavy atom. The molecular formula is C11H20O3. The predicted molar refractivity (Wildman–Crippen MR) is 54.0 cm³/mol. The highest BCUT2D eigenvalue weighted by molar-refractivity contribution is 5.69. The van der Waals surface area contributed by atoms with Crippen molar-refractivity contribution in [2.24, 2.45) is 5.92 Å². The Kier molecular flexibility index (Phi) is 4.94. The molecule has 0 saturated heterocycles. The highest BCUT2D eigenvalue weighted by Crippen LogP contribution is 2.29. The van der Waals surface area contributed by atoms with Crippen molar-refractivity contribution in [2.45, 2.75) is 45.1 Å². The van der Waals surface area contributed by atoms with Gasteiger partial charge in [-0.2, -0.15) is 0 Å². The van der Waals surface area contributed by atoms with E-state index in [2.05, 4.69) is 4.74 Å². The molecule has 3 nitrogen and oxygen atoms in total. The van der Waals surface area contributed by atoms with Crippen LogP contribution in [0.1, 0.15) is 39.0 Å². The average molecular weight is 200 g/mol. The predicted octanol–water partition coefficient (Wildman–Crippen LogP) is 2.14. The number of ether oxygens (including phenoxy) is 2. The van der Waals surface area contributed by atoms with Gasteiger partial charge in [-0.3, -0.25) is 4.79 Å². The first-order valence-corrected chi connectivity index (χ1v) is 5.46. The van der Waals surface area contributed by atoms with Crippen molar-refractivity contribution in [3.8, 4) is 0 Å². The molecule has 0 aromatic heterocycles. The molecule has 0 aromatic rings. The Labute approximate surface area is 85.8 Å². The topological polar surface area (TPSA) is 35.5 Å². The van der Waals surface area contributed by atoms with Crippen molar-refractivity contribution in [3.63, 3.8) is 0 Å². The van der Waals surface area contributed by atoms with Crippen LogP contribution in [-0.4, -0.2) is 25.8 Å². The van der Waals surface area contributed by atoms with Crippen molar-refractivity contribution < 1.29 is 14.3 Å². The Bertz CT molecular complexity index is 177. The smallest absolute Gasteiger partial charge is 0.305 e. The lowest BCUT2D eigenvalue weighted by Crippen LogP contribution is -2.29. The van der Waals surface area contributed by atoms with Crippen molar-refractivity contribution in [1.29, 1.82) is 0 Å². The summed E-state index contributed by atoms with van der Waals surface area (Å²) in [5.74, 6) is 0.262. The third-order valence-electron chi connectivity index (χ3n) is 2.88. The van der Waals surface area contributed by atoms with Crippen molar-refractivity contribution >= 4 is 5.97 Å². The zero-order valence-electron chi connectivity index (χ0n) is 9.12.